The topological polar surface area (TPSA) is 43.6 Å². The lowest BCUT2D eigenvalue weighted by atomic mass is 10.3. The van der Waals surface area contributed by atoms with Gasteiger partial charge < -0.3 is 9.14 Å². The van der Waals surface area contributed by atoms with Crippen molar-refractivity contribution in [1.29, 1.82) is 0 Å². The summed E-state index contributed by atoms with van der Waals surface area (Å²) in [5.41, 5.74) is 2.15. The highest BCUT2D eigenvalue weighted by Crippen LogP contribution is 2.12. The number of rotatable bonds is 2. The summed E-state index contributed by atoms with van der Waals surface area (Å²) >= 11 is 0. The van der Waals surface area contributed by atoms with E-state index in [4.69, 9.17) is 4.74 Å². The van der Waals surface area contributed by atoms with Gasteiger partial charge in [-0.25, -0.2) is 9.78 Å². The van der Waals surface area contributed by atoms with Gasteiger partial charge in [-0.3, -0.25) is 0 Å². The van der Waals surface area contributed by atoms with Crippen LogP contribution in [-0.4, -0.2) is 22.0 Å². The Labute approximate surface area is 101 Å². The van der Waals surface area contributed by atoms with E-state index in [1.165, 1.54) is 0 Å². The quantitative estimate of drug-likeness (QED) is 0.750. The Kier molecular flexibility index (Phi) is 4.69. The molecule has 0 radical (unpaired) electrons. The highest BCUT2D eigenvalue weighted by Gasteiger charge is 2.12. The lowest BCUT2D eigenvalue weighted by Gasteiger charge is -2.03. The second kappa shape index (κ2) is 6.03. The van der Waals surface area contributed by atoms with Crippen LogP contribution in [0.3, 0.4) is 0 Å². The molecule has 0 fully saturated rings. The number of imidazole rings is 1. The fourth-order valence-corrected chi connectivity index (χ4v) is 1.50. The molecule has 2 aromatic rings. The number of carbonyl (C=O) groups is 1. The summed E-state index contributed by atoms with van der Waals surface area (Å²) < 4.78 is 6.82. The number of hydrogen-bond acceptors (Lipinski definition) is 3. The minimum Gasteiger partial charge on any atom is -0.462 e. The highest BCUT2D eigenvalue weighted by molar-refractivity contribution is 5.95. The molecule has 17 heavy (non-hydrogen) atoms. The first-order chi connectivity index (χ1) is 8.24. The molecule has 4 nitrogen and oxygen atoms in total. The van der Waals surface area contributed by atoms with Crippen molar-refractivity contribution in [2.75, 3.05) is 6.61 Å². The molecule has 0 saturated carbocycles. The van der Waals surface area contributed by atoms with Gasteiger partial charge in [0.1, 0.15) is 5.56 Å². The number of hydrogen-bond donors (Lipinski definition) is 0. The van der Waals surface area contributed by atoms with Crippen LogP contribution in [0.25, 0.3) is 5.65 Å². The molecule has 92 valence electrons. The summed E-state index contributed by atoms with van der Waals surface area (Å²) in [6.45, 7) is 8.10. The molecule has 0 atom stereocenters. The number of pyridine rings is 1. The Morgan fingerprint density at radius 1 is 1.47 bits per heavy atom. The molecule has 0 aromatic carbocycles. The van der Waals surface area contributed by atoms with Gasteiger partial charge >= 0.3 is 5.97 Å². The Bertz CT molecular complexity index is 503. The lowest BCUT2D eigenvalue weighted by molar-refractivity contribution is 0.0528. The smallest absolute Gasteiger partial charge is 0.341 e. The molecule has 0 bridgehead atoms. The Hall–Kier alpha value is -1.84. The standard InChI is InChI=1S/C11H12N2O2.C2H6/c1-3-15-11(14)9-5-4-6-13-8(2)7-12-10(9)13;1-2/h4-7H,3H2,1-2H3;1-2H3. The maximum Gasteiger partial charge on any atom is 0.341 e. The van der Waals surface area contributed by atoms with Gasteiger partial charge in [0.2, 0.25) is 0 Å². The van der Waals surface area contributed by atoms with Crippen LogP contribution in [0, 0.1) is 6.92 Å². The molecule has 0 amide bonds. The zero-order chi connectivity index (χ0) is 12.8. The molecular weight excluding hydrogens is 216 g/mol. The monoisotopic (exact) mass is 234 g/mol. The first-order valence-corrected chi connectivity index (χ1v) is 5.84. The van der Waals surface area contributed by atoms with E-state index in [0.717, 1.165) is 5.69 Å². The molecule has 0 unspecified atom stereocenters. The summed E-state index contributed by atoms with van der Waals surface area (Å²) in [7, 11) is 0. The van der Waals surface area contributed by atoms with Crippen molar-refractivity contribution in [3.05, 3.63) is 35.8 Å². The SMILES string of the molecule is CC.CCOC(=O)c1cccn2c(C)cnc12. The van der Waals surface area contributed by atoms with Gasteiger partial charge in [-0.05, 0) is 26.0 Å². The fourth-order valence-electron chi connectivity index (χ4n) is 1.50. The zero-order valence-corrected chi connectivity index (χ0v) is 10.7. The average Bonchev–Trinajstić information content (AvgIpc) is 2.74. The largest absolute Gasteiger partial charge is 0.462 e. The van der Waals surface area contributed by atoms with Gasteiger partial charge in [0.05, 0.1) is 6.61 Å². The molecule has 2 rings (SSSR count). The van der Waals surface area contributed by atoms with E-state index in [2.05, 4.69) is 4.98 Å². The number of carbonyl (C=O) groups excluding carboxylic acids is 1. The van der Waals surface area contributed by atoms with E-state index in [-0.39, 0.29) is 5.97 Å². The minimum atomic E-state index is -0.325. The Balaban J connectivity index is 0.000000686. The molecule has 2 heterocycles. The van der Waals surface area contributed by atoms with E-state index in [9.17, 15) is 4.79 Å². The molecule has 0 N–H and O–H groups in total. The van der Waals surface area contributed by atoms with Crippen LogP contribution < -0.4 is 0 Å². The molecule has 2 aromatic heterocycles. The van der Waals surface area contributed by atoms with Crippen molar-refractivity contribution in [2.45, 2.75) is 27.7 Å². The number of aryl methyl sites for hydroxylation is 1. The predicted octanol–water partition coefficient (Wildman–Crippen LogP) is 2.85. The second-order valence-corrected chi connectivity index (χ2v) is 3.24. The molecule has 0 aliphatic rings. The third-order valence-electron chi connectivity index (χ3n) is 2.22. The predicted molar refractivity (Wildman–Crippen MR) is 67.2 cm³/mol. The third-order valence-corrected chi connectivity index (χ3v) is 2.22. The summed E-state index contributed by atoms with van der Waals surface area (Å²) in [5.74, 6) is -0.325. The second-order valence-electron chi connectivity index (χ2n) is 3.24. The van der Waals surface area contributed by atoms with E-state index in [1.807, 2.05) is 37.4 Å². The molecule has 0 aliphatic heterocycles. The summed E-state index contributed by atoms with van der Waals surface area (Å²) in [5, 5.41) is 0. The van der Waals surface area contributed by atoms with Gasteiger partial charge in [-0.1, -0.05) is 13.8 Å². The number of ether oxygens (including phenoxy) is 1. The first kappa shape index (κ1) is 13.2. The van der Waals surface area contributed by atoms with Gasteiger partial charge in [0.15, 0.2) is 5.65 Å². The van der Waals surface area contributed by atoms with Crippen molar-refractivity contribution in [2.24, 2.45) is 0 Å². The summed E-state index contributed by atoms with van der Waals surface area (Å²) in [4.78, 5) is 15.8. The molecule has 4 heteroatoms. The van der Waals surface area contributed by atoms with E-state index < -0.39 is 0 Å². The lowest BCUT2D eigenvalue weighted by Crippen LogP contribution is -2.06. The van der Waals surface area contributed by atoms with Crippen LogP contribution in [0.15, 0.2) is 24.5 Å². The van der Waals surface area contributed by atoms with Crippen molar-refractivity contribution in [1.82, 2.24) is 9.38 Å². The van der Waals surface area contributed by atoms with Crippen molar-refractivity contribution >= 4 is 11.6 Å². The Morgan fingerprint density at radius 2 is 2.18 bits per heavy atom. The maximum absolute atomic E-state index is 11.6. The summed E-state index contributed by atoms with van der Waals surface area (Å²) in [6, 6.07) is 3.54. The molecule has 0 saturated heterocycles. The number of aromatic nitrogens is 2. The van der Waals surface area contributed by atoms with Crippen LogP contribution in [0.2, 0.25) is 0 Å². The Morgan fingerprint density at radius 3 is 2.82 bits per heavy atom. The number of fused-ring (bicyclic) bond motifs is 1. The highest BCUT2D eigenvalue weighted by atomic mass is 16.5. The van der Waals surface area contributed by atoms with Crippen molar-refractivity contribution in [3.8, 4) is 0 Å². The van der Waals surface area contributed by atoms with Gasteiger partial charge in [0, 0.05) is 18.1 Å². The first-order valence-electron chi connectivity index (χ1n) is 5.84. The summed E-state index contributed by atoms with van der Waals surface area (Å²) in [6.07, 6.45) is 3.61. The molecular formula is C13H18N2O2. The normalized spacial score (nSPS) is 9.65. The maximum atomic E-state index is 11.6. The van der Waals surface area contributed by atoms with Gasteiger partial charge in [-0.2, -0.15) is 0 Å². The number of nitrogens with zero attached hydrogens (tertiary/aromatic N) is 2. The van der Waals surface area contributed by atoms with E-state index in [0.29, 0.717) is 17.8 Å². The number of esters is 1. The molecule has 0 aliphatic carbocycles. The minimum absolute atomic E-state index is 0.325. The average molecular weight is 234 g/mol. The van der Waals surface area contributed by atoms with Crippen LogP contribution in [0.5, 0.6) is 0 Å². The van der Waals surface area contributed by atoms with E-state index in [1.54, 1.807) is 19.2 Å². The van der Waals surface area contributed by atoms with Crippen LogP contribution in [0.1, 0.15) is 36.8 Å². The van der Waals surface area contributed by atoms with Crippen LogP contribution in [-0.2, 0) is 4.74 Å². The fraction of sp³-hybridized carbons (Fsp3) is 0.385. The van der Waals surface area contributed by atoms with Crippen molar-refractivity contribution in [3.63, 3.8) is 0 Å². The van der Waals surface area contributed by atoms with Gasteiger partial charge in [-0.15, -0.1) is 0 Å². The third kappa shape index (κ3) is 2.64. The zero-order valence-electron chi connectivity index (χ0n) is 10.7. The van der Waals surface area contributed by atoms with Crippen LogP contribution >= 0.6 is 0 Å². The van der Waals surface area contributed by atoms with Crippen LogP contribution in [0.4, 0.5) is 0 Å². The molecule has 0 spiro atoms. The van der Waals surface area contributed by atoms with Crippen molar-refractivity contribution < 1.29 is 9.53 Å². The van der Waals surface area contributed by atoms with Gasteiger partial charge in [0.25, 0.3) is 0 Å². The van der Waals surface area contributed by atoms with E-state index >= 15 is 0 Å².